The van der Waals surface area contributed by atoms with E-state index in [9.17, 15) is 0 Å². The number of likely N-dealkylation sites (N-methyl/N-ethyl adjacent to an activating group) is 1. The molecule has 1 unspecified atom stereocenters. The van der Waals surface area contributed by atoms with Crippen LogP contribution in [0.3, 0.4) is 0 Å². The van der Waals surface area contributed by atoms with Crippen molar-refractivity contribution < 1.29 is 4.74 Å². The maximum absolute atomic E-state index is 5.70. The van der Waals surface area contributed by atoms with E-state index in [4.69, 9.17) is 9.73 Å². The molecule has 0 radical (unpaired) electrons. The number of hydrogen-bond acceptors (Lipinski definition) is 3. The Labute approximate surface area is 176 Å². The van der Waals surface area contributed by atoms with Crippen molar-refractivity contribution in [3.63, 3.8) is 0 Å². The molecule has 1 heterocycles. The Balaban J connectivity index is 0.00000338. The molecule has 0 aliphatic carbocycles. The molecule has 1 aliphatic rings. The standard InChI is InChI=1S/C20H34N4O.HI/c1-4-21-20(23-16-18-11-9-15-24(18)5-2)22-14-13-17-10-7-8-12-19(17)25-6-3;/h7-8,10,12,18H,4-6,9,11,13-16H2,1-3H3,(H2,21,22,23);1H. The molecule has 1 aromatic carbocycles. The fourth-order valence-corrected chi connectivity index (χ4v) is 3.38. The van der Waals surface area contributed by atoms with Crippen LogP contribution in [0.4, 0.5) is 0 Å². The Morgan fingerprint density at radius 1 is 1.23 bits per heavy atom. The number of nitrogens with one attached hydrogen (secondary N) is 2. The molecule has 5 nitrogen and oxygen atoms in total. The second-order valence-electron chi connectivity index (χ2n) is 6.36. The average Bonchev–Trinajstić information content (AvgIpc) is 3.09. The van der Waals surface area contributed by atoms with Gasteiger partial charge in [-0.3, -0.25) is 9.89 Å². The highest BCUT2D eigenvalue weighted by molar-refractivity contribution is 14.0. The van der Waals surface area contributed by atoms with Crippen LogP contribution in [0, 0.1) is 0 Å². The molecule has 1 saturated heterocycles. The minimum Gasteiger partial charge on any atom is -0.494 e. The maximum Gasteiger partial charge on any atom is 0.191 e. The molecule has 0 saturated carbocycles. The highest BCUT2D eigenvalue weighted by atomic mass is 127. The first-order valence-electron chi connectivity index (χ1n) is 9.75. The predicted octanol–water partition coefficient (Wildman–Crippen LogP) is 3.29. The quantitative estimate of drug-likeness (QED) is 0.328. The molecule has 26 heavy (non-hydrogen) atoms. The summed E-state index contributed by atoms with van der Waals surface area (Å²) >= 11 is 0. The third-order valence-corrected chi connectivity index (χ3v) is 4.67. The van der Waals surface area contributed by atoms with Crippen molar-refractivity contribution in [3.8, 4) is 5.75 Å². The van der Waals surface area contributed by atoms with Gasteiger partial charge in [0.25, 0.3) is 0 Å². The molecule has 1 aromatic rings. The SMILES string of the molecule is CCNC(=NCC1CCCN1CC)NCCc1ccccc1OCC.I. The van der Waals surface area contributed by atoms with E-state index in [1.807, 2.05) is 19.1 Å². The van der Waals surface area contributed by atoms with E-state index >= 15 is 0 Å². The Kier molecular flexibility index (Phi) is 11.7. The normalized spacial score (nSPS) is 17.7. The molecule has 2 N–H and O–H groups in total. The number of aliphatic imine (C=N–C) groups is 1. The van der Waals surface area contributed by atoms with Crippen LogP contribution in [-0.4, -0.2) is 56.2 Å². The van der Waals surface area contributed by atoms with Crippen LogP contribution >= 0.6 is 24.0 Å². The summed E-state index contributed by atoms with van der Waals surface area (Å²) < 4.78 is 5.70. The van der Waals surface area contributed by atoms with Crippen LogP contribution in [0.15, 0.2) is 29.3 Å². The number of hydrogen-bond donors (Lipinski definition) is 2. The van der Waals surface area contributed by atoms with E-state index < -0.39 is 0 Å². The summed E-state index contributed by atoms with van der Waals surface area (Å²) in [6.45, 7) is 12.0. The van der Waals surface area contributed by atoms with Crippen LogP contribution in [0.25, 0.3) is 0 Å². The molecule has 0 bridgehead atoms. The molecule has 2 rings (SSSR count). The lowest BCUT2D eigenvalue weighted by molar-refractivity contribution is 0.273. The fraction of sp³-hybridized carbons (Fsp3) is 0.650. The van der Waals surface area contributed by atoms with Gasteiger partial charge in [-0.1, -0.05) is 25.1 Å². The summed E-state index contributed by atoms with van der Waals surface area (Å²) in [4.78, 5) is 7.34. The largest absolute Gasteiger partial charge is 0.494 e. The molecule has 0 amide bonds. The van der Waals surface area contributed by atoms with Gasteiger partial charge in [0.05, 0.1) is 13.2 Å². The lowest BCUT2D eigenvalue weighted by Crippen LogP contribution is -2.40. The van der Waals surface area contributed by atoms with Crippen LogP contribution in [-0.2, 0) is 6.42 Å². The summed E-state index contributed by atoms with van der Waals surface area (Å²) in [6.07, 6.45) is 3.48. The minimum absolute atomic E-state index is 0. The molecule has 0 spiro atoms. The van der Waals surface area contributed by atoms with Gasteiger partial charge in [-0.2, -0.15) is 0 Å². The second kappa shape index (κ2) is 13.2. The topological polar surface area (TPSA) is 48.9 Å². The molecule has 1 atom stereocenters. The van der Waals surface area contributed by atoms with E-state index in [1.54, 1.807) is 0 Å². The van der Waals surface area contributed by atoms with E-state index in [0.29, 0.717) is 12.6 Å². The molecule has 6 heteroatoms. The van der Waals surface area contributed by atoms with Crippen molar-refractivity contribution in [3.05, 3.63) is 29.8 Å². The van der Waals surface area contributed by atoms with Gasteiger partial charge < -0.3 is 15.4 Å². The first-order chi connectivity index (χ1) is 12.3. The smallest absolute Gasteiger partial charge is 0.191 e. The summed E-state index contributed by atoms with van der Waals surface area (Å²) in [5, 5.41) is 6.81. The van der Waals surface area contributed by atoms with Gasteiger partial charge in [0, 0.05) is 19.1 Å². The Bertz CT molecular complexity index is 538. The monoisotopic (exact) mass is 474 g/mol. The van der Waals surface area contributed by atoms with Gasteiger partial charge in [0.15, 0.2) is 5.96 Å². The fourth-order valence-electron chi connectivity index (χ4n) is 3.38. The van der Waals surface area contributed by atoms with Gasteiger partial charge in [-0.25, -0.2) is 0 Å². The first kappa shape index (κ1) is 23.0. The Morgan fingerprint density at radius 3 is 2.77 bits per heavy atom. The Morgan fingerprint density at radius 2 is 2.04 bits per heavy atom. The zero-order chi connectivity index (χ0) is 17.9. The highest BCUT2D eigenvalue weighted by Crippen LogP contribution is 2.18. The summed E-state index contributed by atoms with van der Waals surface area (Å²) in [5.74, 6) is 1.90. The summed E-state index contributed by atoms with van der Waals surface area (Å²) in [6, 6.07) is 8.86. The van der Waals surface area contributed by atoms with E-state index in [0.717, 1.165) is 44.3 Å². The van der Waals surface area contributed by atoms with Crippen molar-refractivity contribution in [1.29, 1.82) is 0 Å². The number of halogens is 1. The molecule has 148 valence electrons. The number of benzene rings is 1. The lowest BCUT2D eigenvalue weighted by Gasteiger charge is -2.21. The van der Waals surface area contributed by atoms with Gasteiger partial charge in [-0.05, 0) is 57.8 Å². The van der Waals surface area contributed by atoms with E-state index in [1.165, 1.54) is 24.9 Å². The number of rotatable bonds is 9. The maximum atomic E-state index is 5.70. The third-order valence-electron chi connectivity index (χ3n) is 4.67. The third kappa shape index (κ3) is 7.31. The van der Waals surface area contributed by atoms with Crippen LogP contribution < -0.4 is 15.4 Å². The molecular formula is C20H35IN4O. The second-order valence-corrected chi connectivity index (χ2v) is 6.36. The molecule has 1 aliphatic heterocycles. The van der Waals surface area contributed by atoms with Gasteiger partial charge in [0.2, 0.25) is 0 Å². The van der Waals surface area contributed by atoms with Crippen molar-refractivity contribution in [2.24, 2.45) is 4.99 Å². The first-order valence-corrected chi connectivity index (χ1v) is 9.75. The number of guanidine groups is 1. The predicted molar refractivity (Wildman–Crippen MR) is 121 cm³/mol. The zero-order valence-electron chi connectivity index (χ0n) is 16.5. The molecule has 0 aromatic heterocycles. The lowest BCUT2D eigenvalue weighted by atomic mass is 10.1. The Hall–Kier alpha value is -1.02. The van der Waals surface area contributed by atoms with Crippen molar-refractivity contribution in [2.75, 3.05) is 39.3 Å². The van der Waals surface area contributed by atoms with Crippen molar-refractivity contribution in [1.82, 2.24) is 15.5 Å². The molecular weight excluding hydrogens is 439 g/mol. The molecule has 1 fully saturated rings. The average molecular weight is 474 g/mol. The number of likely N-dealkylation sites (tertiary alicyclic amines) is 1. The number of ether oxygens (including phenoxy) is 1. The van der Waals surface area contributed by atoms with E-state index in [2.05, 4.69) is 41.5 Å². The number of nitrogens with zero attached hydrogens (tertiary/aromatic N) is 2. The van der Waals surface area contributed by atoms with Crippen LogP contribution in [0.1, 0.15) is 39.2 Å². The highest BCUT2D eigenvalue weighted by Gasteiger charge is 2.22. The summed E-state index contributed by atoms with van der Waals surface area (Å²) in [7, 11) is 0. The van der Waals surface area contributed by atoms with Gasteiger partial charge in [-0.15, -0.1) is 24.0 Å². The van der Waals surface area contributed by atoms with E-state index in [-0.39, 0.29) is 24.0 Å². The zero-order valence-corrected chi connectivity index (χ0v) is 18.8. The van der Waals surface area contributed by atoms with Crippen LogP contribution in [0.5, 0.6) is 5.75 Å². The van der Waals surface area contributed by atoms with Gasteiger partial charge >= 0.3 is 0 Å². The number of para-hydroxylation sites is 1. The van der Waals surface area contributed by atoms with Gasteiger partial charge in [0.1, 0.15) is 5.75 Å². The van der Waals surface area contributed by atoms with Crippen molar-refractivity contribution >= 4 is 29.9 Å². The minimum atomic E-state index is 0. The van der Waals surface area contributed by atoms with Crippen molar-refractivity contribution in [2.45, 2.75) is 46.1 Å². The summed E-state index contributed by atoms with van der Waals surface area (Å²) in [5.41, 5.74) is 1.24. The van der Waals surface area contributed by atoms with Crippen LogP contribution in [0.2, 0.25) is 0 Å².